The molecule has 12 heavy (non-hydrogen) atoms. The zero-order valence-electron chi connectivity index (χ0n) is 7.70. The molecule has 1 fully saturated rings. The van der Waals surface area contributed by atoms with Crippen molar-refractivity contribution < 1.29 is 9.84 Å². The van der Waals surface area contributed by atoms with Gasteiger partial charge in [0.15, 0.2) is 0 Å². The first-order chi connectivity index (χ1) is 5.77. The molecule has 0 amide bonds. The van der Waals surface area contributed by atoms with Gasteiger partial charge in [-0.2, -0.15) is 0 Å². The van der Waals surface area contributed by atoms with Gasteiger partial charge in [-0.25, -0.2) is 0 Å². The third-order valence-electron chi connectivity index (χ3n) is 2.55. The third kappa shape index (κ3) is 2.44. The zero-order chi connectivity index (χ0) is 8.97. The molecule has 1 rings (SSSR count). The molecule has 0 saturated heterocycles. The van der Waals surface area contributed by atoms with Gasteiger partial charge in [-0.15, -0.1) is 0 Å². The van der Waals surface area contributed by atoms with Crippen LogP contribution in [-0.2, 0) is 4.74 Å². The van der Waals surface area contributed by atoms with Gasteiger partial charge >= 0.3 is 0 Å². The number of nitrogens with two attached hydrogens (primary N) is 1. The minimum absolute atomic E-state index is 0.0180. The number of rotatable bonds is 5. The topological polar surface area (TPSA) is 55.5 Å². The van der Waals surface area contributed by atoms with Crippen LogP contribution in [0, 0.1) is 0 Å². The van der Waals surface area contributed by atoms with Crippen molar-refractivity contribution in [2.45, 2.75) is 50.9 Å². The maximum atomic E-state index is 8.99. The number of aliphatic hydroxyl groups excluding tert-OH is 1. The Bertz CT molecular complexity index is 126. The Morgan fingerprint density at radius 3 is 2.58 bits per heavy atom. The molecule has 3 nitrogen and oxygen atoms in total. The van der Waals surface area contributed by atoms with E-state index < -0.39 is 0 Å². The lowest BCUT2D eigenvalue weighted by Crippen LogP contribution is -2.42. The Labute approximate surface area is 73.9 Å². The van der Waals surface area contributed by atoms with E-state index in [9.17, 15) is 0 Å². The molecule has 0 heterocycles. The molecule has 2 unspecified atom stereocenters. The lowest BCUT2D eigenvalue weighted by atomic mass is 9.95. The number of aliphatic hydroxyl groups is 1. The molecular formula is C9H19NO2. The van der Waals surface area contributed by atoms with Crippen LogP contribution in [0.2, 0.25) is 0 Å². The Kier molecular flexibility index (Phi) is 3.98. The Morgan fingerprint density at radius 1 is 1.58 bits per heavy atom. The van der Waals surface area contributed by atoms with Gasteiger partial charge in [0, 0.05) is 6.04 Å². The van der Waals surface area contributed by atoms with Crippen LogP contribution in [-0.4, -0.2) is 30.0 Å². The van der Waals surface area contributed by atoms with Gasteiger partial charge in [-0.1, -0.05) is 6.92 Å². The molecule has 2 atom stereocenters. The molecule has 3 N–H and O–H groups in total. The van der Waals surface area contributed by atoms with Crippen LogP contribution < -0.4 is 5.73 Å². The van der Waals surface area contributed by atoms with Crippen molar-refractivity contribution in [1.29, 1.82) is 0 Å². The summed E-state index contributed by atoms with van der Waals surface area (Å²) < 4.78 is 5.61. The summed E-state index contributed by atoms with van der Waals surface area (Å²) in [5.41, 5.74) is 5.77. The highest BCUT2D eigenvalue weighted by molar-refractivity contribution is 4.76. The third-order valence-corrected chi connectivity index (χ3v) is 2.55. The SMILES string of the molecule is CCC(N)C(CO)OC1CCC1. The first kappa shape index (κ1) is 9.96. The van der Waals surface area contributed by atoms with Gasteiger partial charge in [0.1, 0.15) is 0 Å². The average Bonchev–Trinajstić information content (AvgIpc) is 2.02. The summed E-state index contributed by atoms with van der Waals surface area (Å²) in [5, 5.41) is 8.99. The van der Waals surface area contributed by atoms with Crippen LogP contribution in [0.3, 0.4) is 0 Å². The lowest BCUT2D eigenvalue weighted by Gasteiger charge is -2.32. The maximum Gasteiger partial charge on any atom is 0.0959 e. The predicted molar refractivity (Wildman–Crippen MR) is 47.9 cm³/mol. The molecule has 0 aliphatic heterocycles. The van der Waals surface area contributed by atoms with Crippen molar-refractivity contribution in [2.75, 3.05) is 6.61 Å². The Balaban J connectivity index is 2.23. The van der Waals surface area contributed by atoms with Gasteiger partial charge in [0.2, 0.25) is 0 Å². The fourth-order valence-electron chi connectivity index (χ4n) is 1.30. The smallest absolute Gasteiger partial charge is 0.0959 e. The fourth-order valence-corrected chi connectivity index (χ4v) is 1.30. The van der Waals surface area contributed by atoms with E-state index in [1.54, 1.807) is 0 Å². The zero-order valence-corrected chi connectivity index (χ0v) is 7.70. The summed E-state index contributed by atoms with van der Waals surface area (Å²) in [5.74, 6) is 0. The molecule has 1 aliphatic carbocycles. The summed E-state index contributed by atoms with van der Waals surface area (Å²) in [6, 6.07) is -0.0180. The van der Waals surface area contributed by atoms with Crippen LogP contribution in [0.5, 0.6) is 0 Å². The Morgan fingerprint density at radius 2 is 2.25 bits per heavy atom. The van der Waals surface area contributed by atoms with Gasteiger partial charge in [-0.05, 0) is 25.7 Å². The largest absolute Gasteiger partial charge is 0.394 e. The van der Waals surface area contributed by atoms with E-state index in [1.165, 1.54) is 6.42 Å². The van der Waals surface area contributed by atoms with Gasteiger partial charge in [0.25, 0.3) is 0 Å². The highest BCUT2D eigenvalue weighted by Gasteiger charge is 2.24. The molecule has 0 spiro atoms. The van der Waals surface area contributed by atoms with E-state index in [1.807, 2.05) is 6.92 Å². The predicted octanol–water partition coefficient (Wildman–Crippen LogP) is 0.654. The van der Waals surface area contributed by atoms with Gasteiger partial charge in [-0.3, -0.25) is 0 Å². The quantitative estimate of drug-likeness (QED) is 0.642. The molecule has 0 radical (unpaired) electrons. The van der Waals surface area contributed by atoms with E-state index in [0.29, 0.717) is 6.10 Å². The van der Waals surface area contributed by atoms with Crippen molar-refractivity contribution >= 4 is 0 Å². The second-order valence-electron chi connectivity index (χ2n) is 3.48. The van der Waals surface area contributed by atoms with Crippen LogP contribution in [0.1, 0.15) is 32.6 Å². The summed E-state index contributed by atoms with van der Waals surface area (Å²) in [6.45, 7) is 2.06. The highest BCUT2D eigenvalue weighted by atomic mass is 16.5. The van der Waals surface area contributed by atoms with Crippen molar-refractivity contribution in [3.8, 4) is 0 Å². The minimum atomic E-state index is -0.153. The van der Waals surface area contributed by atoms with Gasteiger partial charge in [0.05, 0.1) is 18.8 Å². The van der Waals surface area contributed by atoms with Crippen LogP contribution in [0.15, 0.2) is 0 Å². The Hall–Kier alpha value is -0.120. The average molecular weight is 173 g/mol. The van der Waals surface area contributed by atoms with E-state index in [2.05, 4.69) is 0 Å². The molecular weight excluding hydrogens is 154 g/mol. The summed E-state index contributed by atoms with van der Waals surface area (Å²) in [7, 11) is 0. The van der Waals surface area contributed by atoms with Crippen molar-refractivity contribution in [3.63, 3.8) is 0 Å². The van der Waals surface area contributed by atoms with Crippen LogP contribution in [0.25, 0.3) is 0 Å². The summed E-state index contributed by atoms with van der Waals surface area (Å²) in [4.78, 5) is 0. The first-order valence-corrected chi connectivity index (χ1v) is 4.79. The molecule has 0 aromatic heterocycles. The molecule has 0 bridgehead atoms. The van der Waals surface area contributed by atoms with Crippen molar-refractivity contribution in [3.05, 3.63) is 0 Å². The lowest BCUT2D eigenvalue weighted by molar-refractivity contribution is -0.0812. The monoisotopic (exact) mass is 173 g/mol. The van der Waals surface area contributed by atoms with Crippen LogP contribution in [0.4, 0.5) is 0 Å². The molecule has 3 heteroatoms. The fraction of sp³-hybridized carbons (Fsp3) is 1.00. The second-order valence-corrected chi connectivity index (χ2v) is 3.48. The standard InChI is InChI=1S/C9H19NO2/c1-2-8(10)9(6-11)12-7-4-3-5-7/h7-9,11H,2-6,10H2,1H3. The van der Waals surface area contributed by atoms with Crippen molar-refractivity contribution in [1.82, 2.24) is 0 Å². The molecule has 1 saturated carbocycles. The first-order valence-electron chi connectivity index (χ1n) is 4.79. The normalized spacial score (nSPS) is 23.2. The second kappa shape index (κ2) is 4.80. The van der Waals surface area contributed by atoms with E-state index in [-0.39, 0.29) is 18.8 Å². The molecule has 0 aromatic rings. The summed E-state index contributed by atoms with van der Waals surface area (Å²) in [6.07, 6.45) is 4.59. The maximum absolute atomic E-state index is 8.99. The van der Waals surface area contributed by atoms with E-state index in [0.717, 1.165) is 19.3 Å². The number of ether oxygens (including phenoxy) is 1. The van der Waals surface area contributed by atoms with Crippen molar-refractivity contribution in [2.24, 2.45) is 5.73 Å². The highest BCUT2D eigenvalue weighted by Crippen LogP contribution is 2.23. The summed E-state index contributed by atoms with van der Waals surface area (Å²) >= 11 is 0. The van der Waals surface area contributed by atoms with E-state index in [4.69, 9.17) is 15.6 Å². The molecule has 72 valence electrons. The number of hydrogen-bond donors (Lipinski definition) is 2. The van der Waals surface area contributed by atoms with Crippen LogP contribution >= 0.6 is 0 Å². The number of hydrogen-bond acceptors (Lipinski definition) is 3. The van der Waals surface area contributed by atoms with Gasteiger partial charge < -0.3 is 15.6 Å². The molecule has 1 aliphatic rings. The van der Waals surface area contributed by atoms with E-state index >= 15 is 0 Å². The minimum Gasteiger partial charge on any atom is -0.394 e. The molecule has 0 aromatic carbocycles.